The van der Waals surface area contributed by atoms with E-state index in [2.05, 4.69) is 4.90 Å². The van der Waals surface area contributed by atoms with Crippen LogP contribution < -0.4 is 9.80 Å². The Kier molecular flexibility index (Phi) is 6.78. The van der Waals surface area contributed by atoms with Gasteiger partial charge < -0.3 is 19.4 Å². The molecule has 200 valence electrons. The third-order valence-corrected chi connectivity index (χ3v) is 8.28. The van der Waals surface area contributed by atoms with E-state index >= 15 is 0 Å². The normalized spacial score (nSPS) is 23.8. The van der Waals surface area contributed by atoms with E-state index in [0.717, 1.165) is 37.9 Å². The lowest BCUT2D eigenvalue weighted by molar-refractivity contribution is -0.136. The average molecular weight is 521 g/mol. The van der Waals surface area contributed by atoms with E-state index in [1.54, 1.807) is 18.2 Å². The molecular formula is C29H33FN4O4. The molecule has 3 saturated heterocycles. The highest BCUT2D eigenvalue weighted by atomic mass is 19.1. The Morgan fingerprint density at radius 3 is 2.42 bits per heavy atom. The second kappa shape index (κ2) is 10.4. The summed E-state index contributed by atoms with van der Waals surface area (Å²) in [7, 11) is 0. The largest absolute Gasteiger partial charge is 0.376 e. The number of rotatable bonds is 5. The molecule has 4 heterocycles. The van der Waals surface area contributed by atoms with E-state index in [-0.39, 0.29) is 42.1 Å². The van der Waals surface area contributed by atoms with Gasteiger partial charge in [0.05, 0.1) is 41.1 Å². The highest BCUT2D eigenvalue weighted by Gasteiger charge is 2.41. The van der Waals surface area contributed by atoms with E-state index in [0.29, 0.717) is 56.1 Å². The molecule has 0 spiro atoms. The van der Waals surface area contributed by atoms with Crippen molar-refractivity contribution in [3.8, 4) is 0 Å². The van der Waals surface area contributed by atoms with Crippen molar-refractivity contribution in [2.75, 3.05) is 62.2 Å². The summed E-state index contributed by atoms with van der Waals surface area (Å²) in [6.07, 6.45) is 3.31. The van der Waals surface area contributed by atoms with Crippen molar-refractivity contribution in [1.29, 1.82) is 0 Å². The van der Waals surface area contributed by atoms with Crippen LogP contribution in [0.4, 0.5) is 15.8 Å². The molecule has 0 saturated carbocycles. The molecule has 38 heavy (non-hydrogen) atoms. The minimum Gasteiger partial charge on any atom is -0.376 e. The topological polar surface area (TPSA) is 73.4 Å². The van der Waals surface area contributed by atoms with Crippen molar-refractivity contribution >= 4 is 29.1 Å². The number of hydrogen-bond acceptors (Lipinski definition) is 6. The van der Waals surface area contributed by atoms with Gasteiger partial charge >= 0.3 is 0 Å². The third-order valence-electron chi connectivity index (χ3n) is 8.28. The molecule has 8 nitrogen and oxygen atoms in total. The van der Waals surface area contributed by atoms with E-state index in [4.69, 9.17) is 4.74 Å². The van der Waals surface area contributed by atoms with E-state index < -0.39 is 0 Å². The molecule has 2 aromatic rings. The van der Waals surface area contributed by atoms with Crippen molar-refractivity contribution in [2.24, 2.45) is 5.92 Å². The van der Waals surface area contributed by atoms with Gasteiger partial charge in [0.15, 0.2) is 0 Å². The Labute approximate surface area is 221 Å². The first-order chi connectivity index (χ1) is 18.5. The monoisotopic (exact) mass is 520 g/mol. The number of hydrogen-bond donors (Lipinski definition) is 0. The van der Waals surface area contributed by atoms with Gasteiger partial charge in [-0.1, -0.05) is 18.2 Å². The van der Waals surface area contributed by atoms with Crippen molar-refractivity contribution in [1.82, 2.24) is 9.80 Å². The summed E-state index contributed by atoms with van der Waals surface area (Å²) < 4.78 is 19.9. The highest BCUT2D eigenvalue weighted by Crippen LogP contribution is 2.35. The summed E-state index contributed by atoms with van der Waals surface area (Å²) in [4.78, 5) is 47.3. The number of piperidine rings is 1. The molecule has 6 rings (SSSR count). The Hall–Kier alpha value is -3.46. The molecular weight excluding hydrogens is 487 g/mol. The molecule has 0 N–H and O–H groups in total. The molecule has 2 atom stereocenters. The van der Waals surface area contributed by atoms with Gasteiger partial charge in [0, 0.05) is 45.9 Å². The summed E-state index contributed by atoms with van der Waals surface area (Å²) in [6.45, 7) is 4.47. The lowest BCUT2D eigenvalue weighted by Crippen LogP contribution is -2.53. The van der Waals surface area contributed by atoms with Crippen LogP contribution in [0.5, 0.6) is 0 Å². The van der Waals surface area contributed by atoms with Gasteiger partial charge in [0.1, 0.15) is 5.82 Å². The average Bonchev–Trinajstić information content (AvgIpc) is 3.56. The summed E-state index contributed by atoms with van der Waals surface area (Å²) >= 11 is 0. The van der Waals surface area contributed by atoms with Gasteiger partial charge in [-0.2, -0.15) is 0 Å². The number of carbonyl (C=O) groups is 3. The zero-order chi connectivity index (χ0) is 26.2. The van der Waals surface area contributed by atoms with Gasteiger partial charge in [-0.3, -0.25) is 19.3 Å². The predicted octanol–water partition coefficient (Wildman–Crippen LogP) is 3.17. The number of para-hydroxylation sites is 1. The molecule has 4 aliphatic rings. The first-order valence-corrected chi connectivity index (χ1v) is 13.7. The quantitative estimate of drug-likeness (QED) is 0.564. The first-order valence-electron chi connectivity index (χ1n) is 13.7. The van der Waals surface area contributed by atoms with E-state index in [1.165, 1.54) is 11.0 Å². The Morgan fingerprint density at radius 2 is 1.66 bits per heavy atom. The molecule has 0 unspecified atom stereocenters. The standard InChI is InChI=1S/C29H33FN4O4/c30-23-9-1-2-10-24(23)31-13-15-32(16-14-31)27(35)20-6-4-12-33(18-20)25-11-3-8-22-26(25)29(37)34(28(22)36)19-21-7-5-17-38-21/h1-3,8-11,20-21H,4-7,12-19H2/t20-,21-/m1/s1. The number of benzene rings is 2. The molecule has 0 aliphatic carbocycles. The van der Waals surface area contributed by atoms with Crippen LogP contribution in [0.15, 0.2) is 42.5 Å². The number of halogens is 1. The fraction of sp³-hybridized carbons (Fsp3) is 0.483. The Bertz CT molecular complexity index is 1240. The number of nitrogens with zero attached hydrogens (tertiary/aromatic N) is 4. The summed E-state index contributed by atoms with van der Waals surface area (Å²) in [5.74, 6) is -0.853. The molecule has 2 aromatic carbocycles. The predicted molar refractivity (Wildman–Crippen MR) is 141 cm³/mol. The number of anilines is 2. The Morgan fingerprint density at radius 1 is 0.868 bits per heavy atom. The molecule has 0 radical (unpaired) electrons. The van der Waals surface area contributed by atoms with Crippen LogP contribution in [0, 0.1) is 11.7 Å². The summed E-state index contributed by atoms with van der Waals surface area (Å²) in [6, 6.07) is 12.2. The number of ether oxygens (including phenoxy) is 1. The fourth-order valence-electron chi connectivity index (χ4n) is 6.27. The number of amides is 3. The van der Waals surface area contributed by atoms with Gasteiger partial charge in [-0.05, 0) is 49.9 Å². The number of carbonyl (C=O) groups excluding carboxylic acids is 3. The van der Waals surface area contributed by atoms with Crippen molar-refractivity contribution in [3.63, 3.8) is 0 Å². The lowest BCUT2D eigenvalue weighted by Gasteiger charge is -2.40. The van der Waals surface area contributed by atoms with Crippen LogP contribution in [-0.2, 0) is 9.53 Å². The van der Waals surface area contributed by atoms with E-state index in [9.17, 15) is 18.8 Å². The van der Waals surface area contributed by atoms with Crippen molar-refractivity contribution < 1.29 is 23.5 Å². The minimum atomic E-state index is -0.270. The molecule has 0 bridgehead atoms. The van der Waals surface area contributed by atoms with Crippen molar-refractivity contribution in [2.45, 2.75) is 31.8 Å². The molecule has 4 aliphatic heterocycles. The van der Waals surface area contributed by atoms with Crippen LogP contribution in [0.1, 0.15) is 46.4 Å². The van der Waals surface area contributed by atoms with Crippen LogP contribution in [-0.4, -0.2) is 86.0 Å². The molecule has 3 amide bonds. The van der Waals surface area contributed by atoms with Crippen LogP contribution in [0.25, 0.3) is 0 Å². The fourth-order valence-corrected chi connectivity index (χ4v) is 6.27. The molecule has 3 fully saturated rings. The van der Waals surface area contributed by atoms with Crippen molar-refractivity contribution in [3.05, 3.63) is 59.4 Å². The number of fused-ring (bicyclic) bond motifs is 1. The van der Waals surface area contributed by atoms with Gasteiger partial charge in [-0.25, -0.2) is 4.39 Å². The van der Waals surface area contributed by atoms with Crippen LogP contribution in [0.3, 0.4) is 0 Å². The molecule has 9 heteroatoms. The van der Waals surface area contributed by atoms with Gasteiger partial charge in [-0.15, -0.1) is 0 Å². The molecule has 0 aromatic heterocycles. The lowest BCUT2D eigenvalue weighted by atomic mass is 9.94. The van der Waals surface area contributed by atoms with Gasteiger partial charge in [0.2, 0.25) is 5.91 Å². The zero-order valence-electron chi connectivity index (χ0n) is 21.5. The van der Waals surface area contributed by atoms with Gasteiger partial charge in [0.25, 0.3) is 11.8 Å². The smallest absolute Gasteiger partial charge is 0.263 e. The summed E-state index contributed by atoms with van der Waals surface area (Å²) in [5.41, 5.74) is 2.19. The van der Waals surface area contributed by atoms with E-state index in [1.807, 2.05) is 28.0 Å². The SMILES string of the molecule is O=C([C@@H]1CCCN(c2cccc3c2C(=O)N(C[C@H]2CCCO2)C3=O)C1)N1CCN(c2ccccc2F)CC1. The highest BCUT2D eigenvalue weighted by molar-refractivity contribution is 6.23. The number of piperazine rings is 1. The summed E-state index contributed by atoms with van der Waals surface area (Å²) in [5, 5.41) is 0. The second-order valence-electron chi connectivity index (χ2n) is 10.6. The van der Waals surface area contributed by atoms with Crippen LogP contribution in [0.2, 0.25) is 0 Å². The Balaban J connectivity index is 1.13. The maximum absolute atomic E-state index is 14.2. The second-order valence-corrected chi connectivity index (χ2v) is 10.6. The zero-order valence-corrected chi connectivity index (χ0v) is 21.5. The maximum Gasteiger partial charge on any atom is 0.263 e. The van der Waals surface area contributed by atoms with Crippen LogP contribution >= 0.6 is 0 Å². The minimum absolute atomic E-state index is 0.100. The maximum atomic E-state index is 14.2. The number of imide groups is 1. The third kappa shape index (κ3) is 4.53. The first kappa shape index (κ1) is 24.9.